The van der Waals surface area contributed by atoms with Crippen LogP contribution in [0.2, 0.25) is 0 Å². The molecule has 2 aromatic rings. The number of benzene rings is 2. The Morgan fingerprint density at radius 3 is 2.62 bits per heavy atom. The van der Waals surface area contributed by atoms with Crippen LogP contribution in [0.4, 0.5) is 0 Å². The first-order valence-electron chi connectivity index (χ1n) is 11.3. The third-order valence-electron chi connectivity index (χ3n) is 6.62. The number of Topliss-reactive ketones (excluding diaryl/α,β-unsaturated/α-hetero) is 2. The number of ketones is 2. The first kappa shape index (κ1) is 20.6. The maximum absolute atomic E-state index is 13.2. The number of methoxy groups -OCH3 is 1. The zero-order chi connectivity index (χ0) is 22.1. The number of hydrogen-bond acceptors (Lipinski definition) is 5. The van der Waals surface area contributed by atoms with E-state index in [1.54, 1.807) is 7.11 Å². The molecule has 3 aliphatic rings. The topological polar surface area (TPSA) is 64.6 Å². The van der Waals surface area contributed by atoms with Gasteiger partial charge in [0.25, 0.3) is 0 Å². The summed E-state index contributed by atoms with van der Waals surface area (Å²) in [6.45, 7) is 0.375. The van der Waals surface area contributed by atoms with Gasteiger partial charge in [-0.3, -0.25) is 9.59 Å². The van der Waals surface area contributed by atoms with E-state index >= 15 is 0 Å². The minimum Gasteiger partial charge on any atom is -0.493 e. The van der Waals surface area contributed by atoms with Gasteiger partial charge in [0.05, 0.1) is 13.0 Å². The van der Waals surface area contributed by atoms with Crippen LogP contribution in [0.15, 0.2) is 71.6 Å². The van der Waals surface area contributed by atoms with Crippen LogP contribution in [0.5, 0.6) is 11.5 Å². The highest BCUT2D eigenvalue weighted by molar-refractivity contribution is 6.01. The molecular weight excluding hydrogens is 402 g/mol. The SMILES string of the molecule is COc1cccc(C2C3=C(CCCC3=O)NC3=CCCC(=O)C32)c1OCc1ccccc1. The Morgan fingerprint density at radius 1 is 0.969 bits per heavy atom. The Morgan fingerprint density at radius 2 is 1.81 bits per heavy atom. The number of carbonyl (C=O) groups excluding carboxylic acids is 2. The minimum atomic E-state index is -0.393. The summed E-state index contributed by atoms with van der Waals surface area (Å²) in [4.78, 5) is 26.3. The van der Waals surface area contributed by atoms with E-state index in [0.717, 1.165) is 47.4 Å². The molecule has 1 N–H and O–H groups in total. The Balaban J connectivity index is 1.64. The van der Waals surface area contributed by atoms with Crippen LogP contribution in [-0.2, 0) is 16.2 Å². The normalized spacial score (nSPS) is 22.5. The van der Waals surface area contributed by atoms with E-state index in [2.05, 4.69) is 11.4 Å². The van der Waals surface area contributed by atoms with E-state index in [9.17, 15) is 9.59 Å². The van der Waals surface area contributed by atoms with Gasteiger partial charge in [0, 0.05) is 41.3 Å². The molecule has 5 nitrogen and oxygen atoms in total. The summed E-state index contributed by atoms with van der Waals surface area (Å²) < 4.78 is 12.0. The summed E-state index contributed by atoms with van der Waals surface area (Å²) in [7, 11) is 1.62. The van der Waals surface area contributed by atoms with Crippen molar-refractivity contribution >= 4 is 11.6 Å². The highest BCUT2D eigenvalue weighted by Gasteiger charge is 2.45. The van der Waals surface area contributed by atoms with Crippen LogP contribution in [0.25, 0.3) is 0 Å². The monoisotopic (exact) mass is 429 g/mol. The zero-order valence-corrected chi connectivity index (χ0v) is 18.2. The van der Waals surface area contributed by atoms with Crippen molar-refractivity contribution in [3.8, 4) is 11.5 Å². The fourth-order valence-corrected chi connectivity index (χ4v) is 5.17. The van der Waals surface area contributed by atoms with Gasteiger partial charge in [-0.2, -0.15) is 0 Å². The molecular formula is C27H27NO4. The predicted molar refractivity (Wildman–Crippen MR) is 121 cm³/mol. The van der Waals surface area contributed by atoms with E-state index in [4.69, 9.17) is 9.47 Å². The van der Waals surface area contributed by atoms with Crippen molar-refractivity contribution in [2.75, 3.05) is 7.11 Å². The van der Waals surface area contributed by atoms with Crippen molar-refractivity contribution in [3.05, 3.63) is 82.7 Å². The number of hydrogen-bond donors (Lipinski definition) is 1. The van der Waals surface area contributed by atoms with Crippen LogP contribution in [-0.4, -0.2) is 18.7 Å². The number of para-hydroxylation sites is 1. The van der Waals surface area contributed by atoms with Crippen molar-refractivity contribution < 1.29 is 19.1 Å². The second-order valence-electron chi connectivity index (χ2n) is 8.57. The fraction of sp³-hybridized carbons (Fsp3) is 0.333. The number of rotatable bonds is 5. The number of carbonyl (C=O) groups is 2. The highest BCUT2D eigenvalue weighted by atomic mass is 16.5. The van der Waals surface area contributed by atoms with E-state index in [1.165, 1.54) is 0 Å². The van der Waals surface area contributed by atoms with E-state index in [-0.39, 0.29) is 17.5 Å². The number of ether oxygens (including phenoxy) is 2. The van der Waals surface area contributed by atoms with Crippen molar-refractivity contribution in [1.82, 2.24) is 5.32 Å². The van der Waals surface area contributed by atoms with Gasteiger partial charge < -0.3 is 14.8 Å². The Kier molecular flexibility index (Phi) is 5.56. The second-order valence-corrected chi connectivity index (χ2v) is 8.57. The van der Waals surface area contributed by atoms with Crippen molar-refractivity contribution in [2.45, 2.75) is 44.6 Å². The fourth-order valence-electron chi connectivity index (χ4n) is 5.17. The maximum atomic E-state index is 13.2. The number of fused-ring (bicyclic) bond motifs is 1. The van der Waals surface area contributed by atoms with Gasteiger partial charge in [0.2, 0.25) is 0 Å². The van der Waals surface area contributed by atoms with Crippen LogP contribution in [0.3, 0.4) is 0 Å². The maximum Gasteiger partial charge on any atom is 0.165 e. The summed E-state index contributed by atoms with van der Waals surface area (Å²) in [5.74, 6) is 0.749. The summed E-state index contributed by atoms with van der Waals surface area (Å²) in [5, 5.41) is 3.45. The van der Waals surface area contributed by atoms with Gasteiger partial charge in [0.15, 0.2) is 17.3 Å². The Hall–Kier alpha value is -3.34. The van der Waals surface area contributed by atoms with Gasteiger partial charge in [-0.25, -0.2) is 0 Å². The number of nitrogens with one attached hydrogen (secondary N) is 1. The smallest absolute Gasteiger partial charge is 0.165 e. The quantitative estimate of drug-likeness (QED) is 0.737. The molecule has 0 saturated heterocycles. The molecule has 32 heavy (non-hydrogen) atoms. The molecule has 164 valence electrons. The molecule has 0 bridgehead atoms. The summed E-state index contributed by atoms with van der Waals surface area (Å²) in [5.41, 5.74) is 4.51. The summed E-state index contributed by atoms with van der Waals surface area (Å²) in [6, 6.07) is 15.7. The van der Waals surface area contributed by atoms with Crippen molar-refractivity contribution in [1.29, 1.82) is 0 Å². The average Bonchev–Trinajstić information content (AvgIpc) is 2.82. The second kappa shape index (κ2) is 8.65. The lowest BCUT2D eigenvalue weighted by Gasteiger charge is -2.41. The molecule has 2 atom stereocenters. The largest absolute Gasteiger partial charge is 0.493 e. The minimum absolute atomic E-state index is 0.123. The Labute approximate surface area is 188 Å². The lowest BCUT2D eigenvalue weighted by Crippen LogP contribution is -2.42. The van der Waals surface area contributed by atoms with Gasteiger partial charge in [-0.15, -0.1) is 0 Å². The molecule has 5 rings (SSSR count). The molecule has 0 saturated carbocycles. The van der Waals surface area contributed by atoms with Gasteiger partial charge in [-0.05, 0) is 30.9 Å². The lowest BCUT2D eigenvalue weighted by atomic mass is 9.68. The van der Waals surface area contributed by atoms with Gasteiger partial charge in [0.1, 0.15) is 12.4 Å². The van der Waals surface area contributed by atoms with Crippen LogP contribution in [0, 0.1) is 5.92 Å². The van der Waals surface area contributed by atoms with Gasteiger partial charge in [-0.1, -0.05) is 48.5 Å². The molecule has 2 aromatic carbocycles. The van der Waals surface area contributed by atoms with Crippen LogP contribution >= 0.6 is 0 Å². The standard InChI is InChI=1S/C27H27NO4/c1-31-23-15-5-10-18(27(23)32-16-17-8-3-2-4-9-17)24-25-19(11-6-13-21(25)29)28-20-12-7-14-22(30)26(20)24/h2-5,8-11,15,24-25,28H,6-7,12-14,16H2,1H3. The molecule has 0 amide bonds. The molecule has 2 aliphatic carbocycles. The molecule has 0 spiro atoms. The van der Waals surface area contributed by atoms with Crippen molar-refractivity contribution in [3.63, 3.8) is 0 Å². The molecule has 1 heterocycles. The van der Waals surface area contributed by atoms with Gasteiger partial charge >= 0.3 is 0 Å². The summed E-state index contributed by atoms with van der Waals surface area (Å²) in [6.07, 6.45) is 5.51. The van der Waals surface area contributed by atoms with E-state index < -0.39 is 5.92 Å². The third-order valence-corrected chi connectivity index (χ3v) is 6.62. The molecule has 0 radical (unpaired) electrons. The molecule has 1 aliphatic heterocycles. The van der Waals surface area contributed by atoms with E-state index in [1.807, 2.05) is 48.5 Å². The molecule has 0 fully saturated rings. The van der Waals surface area contributed by atoms with Crippen molar-refractivity contribution in [2.24, 2.45) is 5.92 Å². The predicted octanol–water partition coefficient (Wildman–Crippen LogP) is 4.83. The first-order chi connectivity index (χ1) is 15.7. The van der Waals surface area contributed by atoms with E-state index in [0.29, 0.717) is 30.9 Å². The van der Waals surface area contributed by atoms with Crippen LogP contribution in [0.1, 0.15) is 49.1 Å². The van der Waals surface area contributed by atoms with Crippen LogP contribution < -0.4 is 14.8 Å². The summed E-state index contributed by atoms with van der Waals surface area (Å²) >= 11 is 0. The zero-order valence-electron chi connectivity index (χ0n) is 18.2. The highest BCUT2D eigenvalue weighted by Crippen LogP contribution is 2.50. The molecule has 2 unspecified atom stereocenters. The number of allylic oxidation sites excluding steroid dienone is 4. The first-order valence-corrected chi connectivity index (χ1v) is 11.3. The Bertz CT molecular complexity index is 1120. The molecule has 0 aromatic heterocycles. The molecule has 5 heteroatoms. The third kappa shape index (κ3) is 3.62. The average molecular weight is 430 g/mol. The lowest BCUT2D eigenvalue weighted by molar-refractivity contribution is -0.123.